The first-order valence-electron chi connectivity index (χ1n) is 7.16. The van der Waals surface area contributed by atoms with Crippen LogP contribution in [-0.2, 0) is 0 Å². The summed E-state index contributed by atoms with van der Waals surface area (Å²) in [5.41, 5.74) is 3.39. The third kappa shape index (κ3) is 4.53. The summed E-state index contributed by atoms with van der Waals surface area (Å²) in [6.45, 7) is 6.17. The van der Waals surface area contributed by atoms with Crippen molar-refractivity contribution in [2.45, 2.75) is 33.2 Å². The average molecular weight is 299 g/mol. The average Bonchev–Trinajstić information content (AvgIpc) is 2.44. The van der Waals surface area contributed by atoms with E-state index in [-0.39, 0.29) is 6.04 Å². The summed E-state index contributed by atoms with van der Waals surface area (Å²) in [4.78, 5) is 4.44. The maximum Gasteiger partial charge on any atom is 0.172 e. The van der Waals surface area contributed by atoms with E-state index in [1.165, 1.54) is 11.1 Å². The van der Waals surface area contributed by atoms with Crippen molar-refractivity contribution < 1.29 is 0 Å². The first kappa shape index (κ1) is 15.4. The van der Waals surface area contributed by atoms with Gasteiger partial charge in [-0.05, 0) is 55.7 Å². The zero-order valence-corrected chi connectivity index (χ0v) is 13.5. The molecule has 1 aromatic heterocycles. The zero-order chi connectivity index (χ0) is 15.2. The van der Waals surface area contributed by atoms with Gasteiger partial charge in [-0.25, -0.2) is 4.98 Å². The maximum absolute atomic E-state index is 5.40. The predicted octanol–water partition coefficient (Wildman–Crippen LogP) is 4.14. The van der Waals surface area contributed by atoms with Crippen LogP contribution in [0.25, 0.3) is 0 Å². The number of rotatable bonds is 4. The molecule has 2 N–H and O–H groups in total. The van der Waals surface area contributed by atoms with Crippen molar-refractivity contribution in [1.82, 2.24) is 10.3 Å². The fourth-order valence-corrected chi connectivity index (χ4v) is 2.57. The highest BCUT2D eigenvalue weighted by Gasteiger charge is 2.10. The molecule has 1 unspecified atom stereocenters. The van der Waals surface area contributed by atoms with Gasteiger partial charge in [0.1, 0.15) is 5.82 Å². The Bertz CT molecular complexity index is 590. The van der Waals surface area contributed by atoms with Gasteiger partial charge >= 0.3 is 0 Å². The highest BCUT2D eigenvalue weighted by molar-refractivity contribution is 7.80. The van der Waals surface area contributed by atoms with Crippen LogP contribution in [0.15, 0.2) is 42.5 Å². The van der Waals surface area contributed by atoms with Gasteiger partial charge in [-0.3, -0.25) is 0 Å². The maximum atomic E-state index is 5.40. The van der Waals surface area contributed by atoms with Gasteiger partial charge in [0.15, 0.2) is 5.11 Å². The molecule has 0 saturated carbocycles. The van der Waals surface area contributed by atoms with Gasteiger partial charge in [0.05, 0.1) is 6.04 Å². The van der Waals surface area contributed by atoms with Gasteiger partial charge in [-0.1, -0.05) is 37.3 Å². The lowest BCUT2D eigenvalue weighted by molar-refractivity contribution is 0.629. The van der Waals surface area contributed by atoms with E-state index in [0.717, 1.165) is 17.9 Å². The van der Waals surface area contributed by atoms with Gasteiger partial charge < -0.3 is 10.6 Å². The van der Waals surface area contributed by atoms with Crippen LogP contribution in [-0.4, -0.2) is 10.1 Å². The van der Waals surface area contributed by atoms with Crippen molar-refractivity contribution in [2.24, 2.45) is 0 Å². The van der Waals surface area contributed by atoms with Gasteiger partial charge in [-0.2, -0.15) is 0 Å². The summed E-state index contributed by atoms with van der Waals surface area (Å²) in [5, 5.41) is 7.12. The Kier molecular flexibility index (Phi) is 5.28. The van der Waals surface area contributed by atoms with E-state index >= 15 is 0 Å². The molecule has 0 radical (unpaired) electrons. The lowest BCUT2D eigenvalue weighted by Gasteiger charge is -2.20. The van der Waals surface area contributed by atoms with E-state index in [4.69, 9.17) is 12.2 Å². The van der Waals surface area contributed by atoms with E-state index in [0.29, 0.717) is 5.11 Å². The minimum Gasteiger partial charge on any atom is -0.356 e. The van der Waals surface area contributed by atoms with Crippen LogP contribution in [0, 0.1) is 13.8 Å². The van der Waals surface area contributed by atoms with Crippen molar-refractivity contribution in [3.63, 3.8) is 0 Å². The molecule has 0 aliphatic rings. The molecule has 0 bridgehead atoms. The van der Waals surface area contributed by atoms with Crippen molar-refractivity contribution in [3.05, 3.63) is 59.3 Å². The fraction of sp³-hybridized carbons (Fsp3) is 0.294. The van der Waals surface area contributed by atoms with Gasteiger partial charge in [-0.15, -0.1) is 0 Å². The molecule has 0 aliphatic carbocycles. The SMILES string of the molecule is CCC(NC(=S)Nc1cc(C)cc(C)n1)c1ccccc1. The molecule has 110 valence electrons. The highest BCUT2D eigenvalue weighted by Crippen LogP contribution is 2.16. The molecule has 0 amide bonds. The van der Waals surface area contributed by atoms with Crippen LogP contribution >= 0.6 is 12.2 Å². The summed E-state index contributed by atoms with van der Waals surface area (Å²) in [7, 11) is 0. The second-order valence-corrected chi connectivity index (χ2v) is 5.55. The van der Waals surface area contributed by atoms with E-state index in [9.17, 15) is 0 Å². The van der Waals surface area contributed by atoms with E-state index < -0.39 is 0 Å². The Labute approximate surface area is 131 Å². The van der Waals surface area contributed by atoms with Gasteiger partial charge in [0.25, 0.3) is 0 Å². The minimum absolute atomic E-state index is 0.206. The molecule has 3 nitrogen and oxygen atoms in total. The zero-order valence-electron chi connectivity index (χ0n) is 12.7. The largest absolute Gasteiger partial charge is 0.356 e. The number of nitrogens with one attached hydrogen (secondary N) is 2. The number of thiocarbonyl (C=S) groups is 1. The Balaban J connectivity index is 2.03. The molecular formula is C17H21N3S. The Morgan fingerprint density at radius 3 is 2.52 bits per heavy atom. The van der Waals surface area contributed by atoms with Crippen LogP contribution in [0.1, 0.15) is 36.2 Å². The lowest BCUT2D eigenvalue weighted by Crippen LogP contribution is -2.32. The quantitative estimate of drug-likeness (QED) is 0.832. The standard InChI is InChI=1S/C17H21N3S/c1-4-15(14-8-6-5-7-9-14)19-17(21)20-16-11-12(2)10-13(3)18-16/h5-11,15H,4H2,1-3H3,(H2,18,19,20,21). The molecule has 0 saturated heterocycles. The van der Waals surface area contributed by atoms with E-state index in [1.54, 1.807) is 0 Å². The van der Waals surface area contributed by atoms with Crippen LogP contribution in [0.3, 0.4) is 0 Å². The first-order valence-corrected chi connectivity index (χ1v) is 7.57. The third-order valence-electron chi connectivity index (χ3n) is 3.25. The number of aryl methyl sites for hydroxylation is 2. The van der Waals surface area contributed by atoms with Gasteiger partial charge in [0.2, 0.25) is 0 Å². The van der Waals surface area contributed by atoms with E-state index in [2.05, 4.69) is 41.6 Å². The number of hydrogen-bond acceptors (Lipinski definition) is 2. The van der Waals surface area contributed by atoms with Crippen LogP contribution < -0.4 is 10.6 Å². The lowest BCUT2D eigenvalue weighted by atomic mass is 10.1. The number of anilines is 1. The van der Waals surface area contributed by atoms with Crippen molar-refractivity contribution in [1.29, 1.82) is 0 Å². The molecule has 1 heterocycles. The summed E-state index contributed by atoms with van der Waals surface area (Å²) >= 11 is 5.40. The molecule has 0 aliphatic heterocycles. The Morgan fingerprint density at radius 1 is 1.19 bits per heavy atom. The fourth-order valence-electron chi connectivity index (χ4n) is 2.32. The topological polar surface area (TPSA) is 37.0 Å². The number of hydrogen-bond donors (Lipinski definition) is 2. The Hall–Kier alpha value is -1.94. The summed E-state index contributed by atoms with van der Waals surface area (Å²) in [6.07, 6.45) is 0.964. The third-order valence-corrected chi connectivity index (χ3v) is 3.47. The Morgan fingerprint density at radius 2 is 1.90 bits per heavy atom. The van der Waals surface area contributed by atoms with Crippen molar-refractivity contribution in [3.8, 4) is 0 Å². The minimum atomic E-state index is 0.206. The molecule has 2 aromatic rings. The molecule has 4 heteroatoms. The number of pyridine rings is 1. The summed E-state index contributed by atoms with van der Waals surface area (Å²) in [6, 6.07) is 14.6. The summed E-state index contributed by atoms with van der Waals surface area (Å²) in [5.74, 6) is 0.785. The summed E-state index contributed by atoms with van der Waals surface area (Å²) < 4.78 is 0. The second-order valence-electron chi connectivity index (χ2n) is 5.14. The van der Waals surface area contributed by atoms with Crippen molar-refractivity contribution >= 4 is 23.1 Å². The highest BCUT2D eigenvalue weighted by atomic mass is 32.1. The number of benzene rings is 1. The molecule has 0 spiro atoms. The molecule has 1 atom stereocenters. The van der Waals surface area contributed by atoms with E-state index in [1.807, 2.05) is 37.3 Å². The second kappa shape index (κ2) is 7.18. The van der Waals surface area contributed by atoms with Crippen molar-refractivity contribution in [2.75, 3.05) is 5.32 Å². The van der Waals surface area contributed by atoms with Crippen LogP contribution in [0.4, 0.5) is 5.82 Å². The molecule has 21 heavy (non-hydrogen) atoms. The number of nitrogens with zero attached hydrogens (tertiary/aromatic N) is 1. The normalized spacial score (nSPS) is 11.8. The predicted molar refractivity (Wildman–Crippen MR) is 92.5 cm³/mol. The van der Waals surface area contributed by atoms with Crippen LogP contribution in [0.5, 0.6) is 0 Å². The van der Waals surface area contributed by atoms with Crippen LogP contribution in [0.2, 0.25) is 0 Å². The first-order chi connectivity index (χ1) is 10.1. The smallest absolute Gasteiger partial charge is 0.172 e. The monoisotopic (exact) mass is 299 g/mol. The molecule has 1 aromatic carbocycles. The van der Waals surface area contributed by atoms with Gasteiger partial charge in [0, 0.05) is 5.69 Å². The molecular weight excluding hydrogens is 278 g/mol. The number of aromatic nitrogens is 1. The molecule has 0 fully saturated rings. The molecule has 2 rings (SSSR count).